The quantitative estimate of drug-likeness (QED) is 0.533. The summed E-state index contributed by atoms with van der Waals surface area (Å²) in [5.41, 5.74) is 1.55. The van der Waals surface area contributed by atoms with Crippen LogP contribution in [0.4, 0.5) is 0 Å². The van der Waals surface area contributed by atoms with E-state index in [1.165, 1.54) is 30.2 Å². The van der Waals surface area contributed by atoms with E-state index >= 15 is 0 Å². The molecule has 2 heterocycles. The standard InChI is InChI=1S/C23H36N4O3S2/c1-7-8-11-27-21-10-9-19(32(29,30)25(5)6)13-20(21)24-23(27)31-18(4)22(28)26-14-16(2)12-17(3)15-26/h9-10,13,16-18H,7-8,11-12,14-15H2,1-6H3. The lowest BCUT2D eigenvalue weighted by atomic mass is 9.92. The van der Waals surface area contributed by atoms with Gasteiger partial charge in [-0.15, -0.1) is 0 Å². The number of benzene rings is 1. The molecule has 1 saturated heterocycles. The first-order valence-corrected chi connectivity index (χ1v) is 13.7. The third-order valence-corrected chi connectivity index (χ3v) is 8.90. The number of hydrogen-bond acceptors (Lipinski definition) is 5. The van der Waals surface area contributed by atoms with Crippen LogP contribution in [0.2, 0.25) is 0 Å². The molecule has 0 aliphatic carbocycles. The van der Waals surface area contributed by atoms with E-state index in [4.69, 9.17) is 4.98 Å². The van der Waals surface area contributed by atoms with Crippen LogP contribution in [0.15, 0.2) is 28.3 Å². The number of amides is 1. The molecule has 32 heavy (non-hydrogen) atoms. The molecule has 1 aliphatic rings. The van der Waals surface area contributed by atoms with E-state index in [0.717, 1.165) is 49.6 Å². The number of fused-ring (bicyclic) bond motifs is 1. The first-order valence-electron chi connectivity index (χ1n) is 11.4. The zero-order chi connectivity index (χ0) is 23.6. The number of piperidine rings is 1. The molecule has 3 rings (SSSR count). The molecule has 1 fully saturated rings. The summed E-state index contributed by atoms with van der Waals surface area (Å²) in [4.78, 5) is 20.2. The molecule has 3 unspecified atom stereocenters. The van der Waals surface area contributed by atoms with Crippen molar-refractivity contribution in [2.75, 3.05) is 27.2 Å². The second kappa shape index (κ2) is 10.1. The Balaban J connectivity index is 1.91. The number of nitrogens with zero attached hydrogens (tertiary/aromatic N) is 4. The molecule has 9 heteroatoms. The van der Waals surface area contributed by atoms with Crippen molar-refractivity contribution < 1.29 is 13.2 Å². The fourth-order valence-electron chi connectivity index (χ4n) is 4.39. The highest BCUT2D eigenvalue weighted by Gasteiger charge is 2.30. The molecule has 2 aromatic rings. The van der Waals surface area contributed by atoms with Crippen molar-refractivity contribution in [2.45, 2.75) is 68.8 Å². The number of imidazole rings is 1. The molecule has 1 amide bonds. The second-order valence-electron chi connectivity index (χ2n) is 9.29. The minimum atomic E-state index is -3.53. The summed E-state index contributed by atoms with van der Waals surface area (Å²) < 4.78 is 28.5. The lowest BCUT2D eigenvalue weighted by Gasteiger charge is -2.36. The number of carbonyl (C=O) groups excluding carboxylic acids is 1. The summed E-state index contributed by atoms with van der Waals surface area (Å²) in [5, 5.41) is 0.515. The summed E-state index contributed by atoms with van der Waals surface area (Å²) in [5.74, 6) is 1.19. The maximum absolute atomic E-state index is 13.2. The van der Waals surface area contributed by atoms with E-state index in [2.05, 4.69) is 25.3 Å². The van der Waals surface area contributed by atoms with E-state index < -0.39 is 10.0 Å². The zero-order valence-corrected chi connectivity index (χ0v) is 21.7. The molecule has 1 aliphatic heterocycles. The van der Waals surface area contributed by atoms with Crippen molar-refractivity contribution in [1.29, 1.82) is 0 Å². The van der Waals surface area contributed by atoms with Gasteiger partial charge < -0.3 is 9.47 Å². The van der Waals surface area contributed by atoms with Crippen LogP contribution in [-0.4, -0.2) is 65.5 Å². The van der Waals surface area contributed by atoms with Crippen molar-refractivity contribution in [3.63, 3.8) is 0 Å². The second-order valence-corrected chi connectivity index (χ2v) is 12.7. The van der Waals surface area contributed by atoms with Gasteiger partial charge in [0.2, 0.25) is 15.9 Å². The van der Waals surface area contributed by atoms with E-state index in [9.17, 15) is 13.2 Å². The van der Waals surface area contributed by atoms with Crippen LogP contribution in [0, 0.1) is 11.8 Å². The van der Waals surface area contributed by atoms with Crippen LogP contribution in [0.3, 0.4) is 0 Å². The molecule has 0 bridgehead atoms. The fraction of sp³-hybridized carbons (Fsp3) is 0.652. The molecule has 1 aromatic carbocycles. The Morgan fingerprint density at radius 1 is 1.25 bits per heavy atom. The first kappa shape index (κ1) is 25.1. The molecule has 0 saturated carbocycles. The van der Waals surface area contributed by atoms with Gasteiger partial charge in [0.1, 0.15) is 0 Å². The van der Waals surface area contributed by atoms with Crippen LogP contribution >= 0.6 is 11.8 Å². The Morgan fingerprint density at radius 2 is 1.91 bits per heavy atom. The summed E-state index contributed by atoms with van der Waals surface area (Å²) in [7, 11) is -0.486. The van der Waals surface area contributed by atoms with Crippen LogP contribution < -0.4 is 0 Å². The average Bonchev–Trinajstić information content (AvgIpc) is 3.06. The predicted octanol–water partition coefficient (Wildman–Crippen LogP) is 4.07. The van der Waals surface area contributed by atoms with Gasteiger partial charge in [0, 0.05) is 33.7 Å². The van der Waals surface area contributed by atoms with Gasteiger partial charge in [0.25, 0.3) is 0 Å². The topological polar surface area (TPSA) is 75.5 Å². The lowest BCUT2D eigenvalue weighted by molar-refractivity contribution is -0.132. The molecular weight excluding hydrogens is 444 g/mol. The van der Waals surface area contributed by atoms with Gasteiger partial charge in [-0.1, -0.05) is 39.0 Å². The van der Waals surface area contributed by atoms with Gasteiger partial charge in [0.15, 0.2) is 5.16 Å². The van der Waals surface area contributed by atoms with Crippen LogP contribution in [0.25, 0.3) is 11.0 Å². The predicted molar refractivity (Wildman–Crippen MR) is 130 cm³/mol. The van der Waals surface area contributed by atoms with Gasteiger partial charge in [-0.25, -0.2) is 17.7 Å². The Labute approximate surface area is 196 Å². The monoisotopic (exact) mass is 480 g/mol. The van der Waals surface area contributed by atoms with Crippen LogP contribution in [-0.2, 0) is 21.4 Å². The summed E-state index contributed by atoms with van der Waals surface area (Å²) in [6, 6.07) is 5.11. The highest BCUT2D eigenvalue weighted by Crippen LogP contribution is 2.31. The molecule has 7 nitrogen and oxygen atoms in total. The zero-order valence-electron chi connectivity index (χ0n) is 20.0. The number of sulfonamides is 1. The number of aromatic nitrogens is 2. The van der Waals surface area contributed by atoms with E-state index in [0.29, 0.717) is 17.4 Å². The summed E-state index contributed by atoms with van der Waals surface area (Å²) in [6.45, 7) is 10.9. The van der Waals surface area contributed by atoms with Gasteiger partial charge in [-0.2, -0.15) is 0 Å². The minimum Gasteiger partial charge on any atom is -0.341 e. The van der Waals surface area contributed by atoms with Crippen LogP contribution in [0.5, 0.6) is 0 Å². The average molecular weight is 481 g/mol. The number of likely N-dealkylation sites (tertiary alicyclic amines) is 1. The number of carbonyl (C=O) groups is 1. The molecule has 1 aromatic heterocycles. The maximum atomic E-state index is 13.2. The van der Waals surface area contributed by atoms with E-state index in [1.807, 2.05) is 17.9 Å². The number of unbranched alkanes of at least 4 members (excludes halogenated alkanes) is 1. The van der Waals surface area contributed by atoms with Crippen molar-refractivity contribution >= 4 is 38.7 Å². The Hall–Kier alpha value is -1.58. The molecular formula is C23H36N4O3S2. The highest BCUT2D eigenvalue weighted by molar-refractivity contribution is 8.00. The third-order valence-electron chi connectivity index (χ3n) is 6.01. The summed E-state index contributed by atoms with van der Waals surface area (Å²) in [6.07, 6.45) is 3.19. The Kier molecular flexibility index (Phi) is 7.93. The van der Waals surface area contributed by atoms with E-state index in [1.54, 1.807) is 12.1 Å². The number of thioether (sulfide) groups is 1. The van der Waals surface area contributed by atoms with E-state index in [-0.39, 0.29) is 16.1 Å². The Morgan fingerprint density at radius 3 is 2.50 bits per heavy atom. The first-order chi connectivity index (χ1) is 15.0. The smallest absolute Gasteiger partial charge is 0.242 e. The molecule has 178 valence electrons. The van der Waals surface area contributed by atoms with Gasteiger partial charge in [0.05, 0.1) is 21.2 Å². The van der Waals surface area contributed by atoms with Crippen molar-refractivity contribution in [1.82, 2.24) is 18.8 Å². The normalized spacial score (nSPS) is 20.8. The number of rotatable bonds is 8. The summed E-state index contributed by atoms with van der Waals surface area (Å²) >= 11 is 1.47. The SMILES string of the molecule is CCCCn1c(SC(C)C(=O)N2CC(C)CC(C)C2)nc2cc(S(=O)(=O)N(C)C)ccc21. The minimum absolute atomic E-state index is 0.151. The third kappa shape index (κ3) is 5.31. The fourth-order valence-corrected chi connectivity index (χ4v) is 6.35. The van der Waals surface area contributed by atoms with Crippen molar-refractivity contribution in [3.8, 4) is 0 Å². The highest BCUT2D eigenvalue weighted by atomic mass is 32.2. The number of hydrogen-bond donors (Lipinski definition) is 0. The molecule has 0 spiro atoms. The van der Waals surface area contributed by atoms with Crippen molar-refractivity contribution in [3.05, 3.63) is 18.2 Å². The van der Waals surface area contributed by atoms with Crippen molar-refractivity contribution in [2.24, 2.45) is 11.8 Å². The molecule has 0 radical (unpaired) electrons. The van der Waals surface area contributed by atoms with Gasteiger partial charge >= 0.3 is 0 Å². The van der Waals surface area contributed by atoms with Gasteiger partial charge in [-0.05, 0) is 49.8 Å². The maximum Gasteiger partial charge on any atom is 0.242 e. The Bertz CT molecular complexity index is 1050. The molecule has 0 N–H and O–H groups in total. The van der Waals surface area contributed by atoms with Crippen LogP contribution in [0.1, 0.15) is 47.0 Å². The number of aryl methyl sites for hydroxylation is 1. The largest absolute Gasteiger partial charge is 0.341 e. The van der Waals surface area contributed by atoms with Gasteiger partial charge in [-0.3, -0.25) is 4.79 Å². The lowest BCUT2D eigenvalue weighted by Crippen LogP contribution is -2.45. The molecule has 3 atom stereocenters.